The number of rotatable bonds is 2. The molecular weight excluding hydrogens is 354 g/mol. The molecule has 0 bridgehead atoms. The molecule has 28 heavy (non-hydrogen) atoms. The summed E-state index contributed by atoms with van der Waals surface area (Å²) >= 11 is 0. The van der Waals surface area contributed by atoms with Gasteiger partial charge in [-0.1, -0.05) is 0 Å². The van der Waals surface area contributed by atoms with Gasteiger partial charge in [-0.2, -0.15) is 10.4 Å². The van der Waals surface area contributed by atoms with Gasteiger partial charge in [-0.3, -0.25) is 9.48 Å². The smallest absolute Gasteiger partial charge is 0.274 e. The number of nitriles is 1. The van der Waals surface area contributed by atoms with Crippen LogP contribution in [0.25, 0.3) is 0 Å². The summed E-state index contributed by atoms with van der Waals surface area (Å²) in [6.07, 6.45) is 0.761. The summed E-state index contributed by atoms with van der Waals surface area (Å²) in [6.45, 7) is 6.90. The molecule has 0 aliphatic carbocycles. The van der Waals surface area contributed by atoms with E-state index in [2.05, 4.69) is 16.1 Å². The van der Waals surface area contributed by atoms with Crippen molar-refractivity contribution >= 4 is 11.6 Å². The van der Waals surface area contributed by atoms with Crippen molar-refractivity contribution < 1.29 is 9.53 Å². The first kappa shape index (κ1) is 18.5. The quantitative estimate of drug-likeness (QED) is 0.800. The number of fused-ring (bicyclic) bond motifs is 1. The van der Waals surface area contributed by atoms with E-state index in [-0.39, 0.29) is 18.1 Å². The number of hydrogen-bond donors (Lipinski definition) is 0. The predicted octanol–water partition coefficient (Wildman–Crippen LogP) is 2.28. The van der Waals surface area contributed by atoms with E-state index >= 15 is 0 Å². The fraction of sp³-hybridized carbons (Fsp3) is 0.476. The number of piperazine rings is 1. The normalized spacial score (nSPS) is 21.9. The van der Waals surface area contributed by atoms with E-state index in [4.69, 9.17) is 10.00 Å². The van der Waals surface area contributed by atoms with Crippen LogP contribution in [0.3, 0.4) is 0 Å². The molecule has 7 nitrogen and oxygen atoms in total. The standard InChI is InChI=1S/C21H25N5O2/c1-14-12-18-19(23-24(3)20(18)15(2)28-14)21(27)26-10-8-25(9-11-26)17-6-4-16(13-22)5-7-17/h4-7,14-15H,8-12H2,1-3H3/t14-,15+/m1/s1. The maximum Gasteiger partial charge on any atom is 0.274 e. The molecule has 7 heteroatoms. The van der Waals surface area contributed by atoms with E-state index in [9.17, 15) is 4.79 Å². The van der Waals surface area contributed by atoms with Gasteiger partial charge in [0, 0.05) is 50.9 Å². The van der Waals surface area contributed by atoms with Crippen LogP contribution < -0.4 is 4.90 Å². The van der Waals surface area contributed by atoms with Gasteiger partial charge in [-0.25, -0.2) is 0 Å². The van der Waals surface area contributed by atoms with Crippen molar-refractivity contribution in [3.8, 4) is 6.07 Å². The molecule has 4 rings (SSSR count). The second-order valence-corrected chi connectivity index (χ2v) is 7.57. The molecule has 0 unspecified atom stereocenters. The van der Waals surface area contributed by atoms with Crippen LogP contribution in [0, 0.1) is 11.3 Å². The van der Waals surface area contributed by atoms with E-state index in [0.29, 0.717) is 24.3 Å². The molecule has 2 aliphatic heterocycles. The maximum atomic E-state index is 13.2. The van der Waals surface area contributed by atoms with Gasteiger partial charge >= 0.3 is 0 Å². The third kappa shape index (κ3) is 3.25. The van der Waals surface area contributed by atoms with Crippen LogP contribution in [-0.2, 0) is 18.2 Å². The molecule has 2 aliphatic rings. The molecule has 1 amide bonds. The third-order valence-corrected chi connectivity index (χ3v) is 5.64. The predicted molar refractivity (Wildman–Crippen MR) is 105 cm³/mol. The van der Waals surface area contributed by atoms with Crippen molar-refractivity contribution in [2.45, 2.75) is 32.5 Å². The maximum absolute atomic E-state index is 13.2. The molecule has 146 valence electrons. The first-order valence-electron chi connectivity index (χ1n) is 9.73. The highest BCUT2D eigenvalue weighted by Gasteiger charge is 2.33. The zero-order chi connectivity index (χ0) is 19.8. The fourth-order valence-corrected chi connectivity index (χ4v) is 4.28. The number of hydrogen-bond acceptors (Lipinski definition) is 5. The van der Waals surface area contributed by atoms with Crippen LogP contribution in [0.15, 0.2) is 24.3 Å². The molecule has 1 fully saturated rings. The van der Waals surface area contributed by atoms with Crippen LogP contribution in [0.4, 0.5) is 5.69 Å². The zero-order valence-electron chi connectivity index (χ0n) is 16.6. The molecular formula is C21H25N5O2. The second-order valence-electron chi connectivity index (χ2n) is 7.57. The Morgan fingerprint density at radius 2 is 1.86 bits per heavy atom. The van der Waals surface area contributed by atoms with E-state index in [1.54, 1.807) is 4.68 Å². The van der Waals surface area contributed by atoms with Crippen molar-refractivity contribution in [3.63, 3.8) is 0 Å². The average Bonchev–Trinajstić information content (AvgIpc) is 3.04. The topological polar surface area (TPSA) is 74.4 Å². The van der Waals surface area contributed by atoms with Crippen LogP contribution in [0.2, 0.25) is 0 Å². The van der Waals surface area contributed by atoms with Crippen molar-refractivity contribution in [3.05, 3.63) is 46.8 Å². The molecule has 2 aromatic rings. The van der Waals surface area contributed by atoms with Gasteiger partial charge in [0.2, 0.25) is 0 Å². The van der Waals surface area contributed by atoms with Crippen LogP contribution in [-0.4, -0.2) is 52.9 Å². The summed E-state index contributed by atoms with van der Waals surface area (Å²) in [7, 11) is 1.88. The Morgan fingerprint density at radius 1 is 1.18 bits per heavy atom. The number of benzene rings is 1. The Labute approximate surface area is 165 Å². The largest absolute Gasteiger partial charge is 0.369 e. The molecule has 1 saturated heterocycles. The van der Waals surface area contributed by atoms with E-state index in [0.717, 1.165) is 36.5 Å². The highest BCUT2D eigenvalue weighted by molar-refractivity contribution is 5.94. The minimum absolute atomic E-state index is 0.0117. The number of carbonyl (C=O) groups excluding carboxylic acids is 1. The Hall–Kier alpha value is -2.85. The minimum atomic E-state index is -0.0500. The number of nitrogens with zero attached hydrogens (tertiary/aromatic N) is 5. The number of ether oxygens (including phenoxy) is 1. The molecule has 0 spiro atoms. The van der Waals surface area contributed by atoms with Crippen molar-refractivity contribution in [2.24, 2.45) is 7.05 Å². The van der Waals surface area contributed by atoms with E-state index in [1.165, 1.54) is 0 Å². The number of amides is 1. The Bertz CT molecular complexity index is 920. The lowest BCUT2D eigenvalue weighted by Crippen LogP contribution is -2.49. The summed E-state index contributed by atoms with van der Waals surface area (Å²) in [5.41, 5.74) is 4.36. The lowest BCUT2D eigenvalue weighted by molar-refractivity contribution is -0.00906. The SMILES string of the molecule is C[C@@H]1Cc2c(C(=O)N3CCN(c4ccc(C#N)cc4)CC3)nn(C)c2[C@H](C)O1. The van der Waals surface area contributed by atoms with Crippen LogP contribution in [0.5, 0.6) is 0 Å². The van der Waals surface area contributed by atoms with Crippen molar-refractivity contribution in [1.82, 2.24) is 14.7 Å². The van der Waals surface area contributed by atoms with Gasteiger partial charge in [0.25, 0.3) is 5.91 Å². The molecule has 1 aromatic carbocycles. The Kier molecular flexibility index (Phi) is 4.82. The average molecular weight is 379 g/mol. The van der Waals surface area contributed by atoms with Crippen LogP contribution >= 0.6 is 0 Å². The van der Waals surface area contributed by atoms with E-state index in [1.807, 2.05) is 50.1 Å². The number of aryl methyl sites for hydroxylation is 1. The number of carbonyl (C=O) groups is 1. The Morgan fingerprint density at radius 3 is 2.50 bits per heavy atom. The summed E-state index contributed by atoms with van der Waals surface area (Å²) in [5.74, 6) is 0.0117. The molecule has 2 atom stereocenters. The Balaban J connectivity index is 1.48. The molecule has 0 radical (unpaired) electrons. The molecule has 0 saturated carbocycles. The van der Waals surface area contributed by atoms with Crippen molar-refractivity contribution in [2.75, 3.05) is 31.1 Å². The second kappa shape index (κ2) is 7.28. The van der Waals surface area contributed by atoms with E-state index < -0.39 is 0 Å². The molecule has 0 N–H and O–H groups in total. The van der Waals surface area contributed by atoms with Gasteiger partial charge in [-0.05, 0) is 38.1 Å². The van der Waals surface area contributed by atoms with Gasteiger partial charge in [-0.15, -0.1) is 0 Å². The molecule has 3 heterocycles. The summed E-state index contributed by atoms with van der Waals surface area (Å²) in [5, 5.41) is 13.5. The third-order valence-electron chi connectivity index (χ3n) is 5.64. The first-order valence-corrected chi connectivity index (χ1v) is 9.73. The number of anilines is 1. The van der Waals surface area contributed by atoms with Gasteiger partial charge < -0.3 is 14.5 Å². The van der Waals surface area contributed by atoms with Crippen molar-refractivity contribution in [1.29, 1.82) is 5.26 Å². The van der Waals surface area contributed by atoms with Crippen LogP contribution in [0.1, 0.15) is 47.3 Å². The minimum Gasteiger partial charge on any atom is -0.369 e. The van der Waals surface area contributed by atoms with Gasteiger partial charge in [0.1, 0.15) is 0 Å². The fourth-order valence-electron chi connectivity index (χ4n) is 4.28. The van der Waals surface area contributed by atoms with Gasteiger partial charge in [0.05, 0.1) is 29.5 Å². The summed E-state index contributed by atoms with van der Waals surface area (Å²) in [6, 6.07) is 9.74. The monoisotopic (exact) mass is 379 g/mol. The summed E-state index contributed by atoms with van der Waals surface area (Å²) < 4.78 is 7.70. The lowest BCUT2D eigenvalue weighted by Gasteiger charge is -2.36. The zero-order valence-corrected chi connectivity index (χ0v) is 16.6. The summed E-state index contributed by atoms with van der Waals surface area (Å²) in [4.78, 5) is 17.3. The lowest BCUT2D eigenvalue weighted by atomic mass is 9.99. The highest BCUT2D eigenvalue weighted by atomic mass is 16.5. The molecule has 1 aromatic heterocycles. The first-order chi connectivity index (χ1) is 13.5. The number of aromatic nitrogens is 2. The highest BCUT2D eigenvalue weighted by Crippen LogP contribution is 2.32. The van der Waals surface area contributed by atoms with Gasteiger partial charge in [0.15, 0.2) is 5.69 Å².